The number of carbonyl (C=O) groups excluding carboxylic acids is 12. The first-order valence-electron chi connectivity index (χ1n) is 37.4. The number of fused-ring (bicyclic) bond motifs is 5. The molecule has 2 aliphatic heterocycles. The summed E-state index contributed by atoms with van der Waals surface area (Å²) in [6.45, 7) is 13.0. The fraction of sp³-hybridized carbons (Fsp3) is 0.519. The average Bonchev–Trinajstić information content (AvgIpc) is 0.672. The topological polar surface area (TPSA) is 474 Å². The minimum Gasteiger partial charge on any atom is -0.480 e. The number of esters is 4. The van der Waals surface area contributed by atoms with E-state index in [0.29, 0.717) is 11.1 Å². The van der Waals surface area contributed by atoms with Crippen molar-refractivity contribution in [3.63, 3.8) is 0 Å². The van der Waals surface area contributed by atoms with Gasteiger partial charge in [-0.2, -0.15) is 0 Å². The molecular weight excluding hydrogens is 1460 g/mol. The number of ether oxygens (including phenoxy) is 7. The van der Waals surface area contributed by atoms with Gasteiger partial charge in [0.2, 0.25) is 35.6 Å². The van der Waals surface area contributed by atoms with Crippen LogP contribution in [0.5, 0.6) is 0 Å². The zero-order valence-electron chi connectivity index (χ0n) is 63.8. The molecule has 0 radical (unpaired) electrons. The summed E-state index contributed by atoms with van der Waals surface area (Å²) < 4.78 is 42.2. The summed E-state index contributed by atoms with van der Waals surface area (Å²) in [6.07, 6.45) is -17.6. The van der Waals surface area contributed by atoms with Gasteiger partial charge < -0.3 is 91.0 Å². The maximum Gasteiger partial charge on any atom is 0.350 e. The first-order chi connectivity index (χ1) is 53.0. The Morgan fingerprint density at radius 2 is 1.32 bits per heavy atom. The van der Waals surface area contributed by atoms with E-state index in [1.165, 1.54) is 50.2 Å². The molecule has 2 saturated heterocycles. The fourth-order valence-corrected chi connectivity index (χ4v) is 16.5. The Balaban J connectivity index is 0.828. The van der Waals surface area contributed by atoms with Crippen LogP contribution in [0.3, 0.4) is 0 Å². The van der Waals surface area contributed by atoms with Crippen LogP contribution in [-0.4, -0.2) is 207 Å². The van der Waals surface area contributed by atoms with Gasteiger partial charge in [-0.25, -0.2) is 19.2 Å². The number of carboxylic acids is 1. The van der Waals surface area contributed by atoms with Crippen molar-refractivity contribution >= 4 is 76.9 Å². The lowest BCUT2D eigenvalue weighted by Gasteiger charge is -2.68. The monoisotopic (exact) mass is 1560 g/mol. The van der Waals surface area contributed by atoms with Gasteiger partial charge in [-0.05, 0) is 106 Å². The summed E-state index contributed by atoms with van der Waals surface area (Å²) in [6, 6.07) is 25.8. The van der Waals surface area contributed by atoms with E-state index in [1.54, 1.807) is 120 Å². The molecule has 31 nitrogen and oxygen atoms in total. The lowest BCUT2D eigenvalue weighted by atomic mass is 9.41. The van der Waals surface area contributed by atoms with Crippen molar-refractivity contribution in [3.05, 3.63) is 155 Å². The smallest absolute Gasteiger partial charge is 0.350 e. The van der Waals surface area contributed by atoms with Crippen molar-refractivity contribution < 1.29 is 121 Å². The van der Waals surface area contributed by atoms with E-state index in [4.69, 9.17) is 38.9 Å². The third-order valence-corrected chi connectivity index (χ3v) is 22.7. The van der Waals surface area contributed by atoms with E-state index >= 15 is 9.59 Å². The largest absolute Gasteiger partial charge is 0.480 e. The number of unbranched alkanes of at least 4 members (excludes halogenated alkanes) is 1. The SMILES string of the molecule is CC(=O)NC1C(O)OC(CO)C(OC(=O)c2ccccc2)C1OC(C)C(=O)N[C@@H](C)C(=O)C[C@@H](CCC(=O)NC(CCCCNC(=O)CC(=O)O[C@@H](C(=O)O[C@H]1C[C@@]2(O)[C@@H](OC(=O)c3ccccc3)[C@@H]3[C@]4(C)CO[C@@H]4C[C@H](O)[C@@]3(C)C(=O)[C@H](C)C(=C1C)C2(C)C)[C@H](NC(=O)c1ccccc1)c1ccccc1)C(=O)O)C(N)=O. The molecule has 112 heavy (non-hydrogen) atoms. The third kappa shape index (κ3) is 19.0. The van der Waals surface area contributed by atoms with E-state index in [2.05, 4.69) is 26.6 Å². The van der Waals surface area contributed by atoms with Gasteiger partial charge in [0.15, 0.2) is 18.2 Å². The van der Waals surface area contributed by atoms with Crippen LogP contribution in [0.1, 0.15) is 163 Å². The number of aliphatic hydroxyl groups is 4. The van der Waals surface area contributed by atoms with E-state index in [-0.39, 0.29) is 67.5 Å². The minimum absolute atomic E-state index is 0.0716. The molecule has 4 aromatic rings. The van der Waals surface area contributed by atoms with Gasteiger partial charge in [-0.15, -0.1) is 0 Å². The number of ketones is 2. The number of aliphatic hydroxyl groups excluding tert-OH is 3. The summed E-state index contributed by atoms with van der Waals surface area (Å²) >= 11 is 0. The highest BCUT2D eigenvalue weighted by Gasteiger charge is 2.75. The van der Waals surface area contributed by atoms with Gasteiger partial charge in [0.1, 0.15) is 66.5 Å². The summed E-state index contributed by atoms with van der Waals surface area (Å²) in [7, 11) is 0. The summed E-state index contributed by atoms with van der Waals surface area (Å²) in [5.74, 6) is -15.3. The second-order valence-corrected chi connectivity index (χ2v) is 30.5. The van der Waals surface area contributed by atoms with Crippen molar-refractivity contribution in [2.75, 3.05) is 19.8 Å². The van der Waals surface area contributed by atoms with Crippen LogP contribution in [-0.2, 0) is 81.1 Å². The second-order valence-electron chi connectivity index (χ2n) is 30.5. The average molecular weight is 1560 g/mol. The Morgan fingerprint density at radius 1 is 0.732 bits per heavy atom. The molecule has 2 bridgehead atoms. The predicted molar refractivity (Wildman–Crippen MR) is 395 cm³/mol. The molecule has 0 aromatic heterocycles. The normalized spacial score (nSPS) is 27.9. The zero-order chi connectivity index (χ0) is 81.9. The Labute approximate surface area is 647 Å². The highest BCUT2D eigenvalue weighted by atomic mass is 16.7. The summed E-state index contributed by atoms with van der Waals surface area (Å²) in [4.78, 5) is 179. The molecule has 2 heterocycles. The molecule has 0 spiro atoms. The van der Waals surface area contributed by atoms with Crippen LogP contribution in [0, 0.1) is 34.0 Å². The lowest BCUT2D eigenvalue weighted by Crippen LogP contribution is -2.77. The maximum atomic E-state index is 15.6. The van der Waals surface area contributed by atoms with Crippen LogP contribution in [0.15, 0.2) is 132 Å². The lowest BCUT2D eigenvalue weighted by molar-refractivity contribution is -0.312. The second kappa shape index (κ2) is 36.6. The molecule has 5 aliphatic rings. The molecule has 2 saturated carbocycles. The molecule has 12 N–H and O–H groups in total. The summed E-state index contributed by atoms with van der Waals surface area (Å²) in [5.41, 5.74) is 0.690. The number of benzene rings is 4. The Kier molecular flexibility index (Phi) is 28.0. The molecule has 6 amide bonds. The molecule has 31 heteroatoms. The van der Waals surface area contributed by atoms with Crippen molar-refractivity contribution in [2.24, 2.45) is 39.7 Å². The molecule has 4 fully saturated rings. The van der Waals surface area contributed by atoms with E-state index in [1.807, 2.05) is 6.92 Å². The fourth-order valence-electron chi connectivity index (χ4n) is 16.5. The zero-order valence-corrected chi connectivity index (χ0v) is 63.8. The number of hydrogen-bond acceptors (Lipinski definition) is 24. The predicted octanol–water partition coefficient (Wildman–Crippen LogP) is 3.50. The van der Waals surface area contributed by atoms with Gasteiger partial charge >= 0.3 is 29.8 Å². The van der Waals surface area contributed by atoms with E-state index in [9.17, 15) is 78.3 Å². The van der Waals surface area contributed by atoms with Crippen molar-refractivity contribution in [1.29, 1.82) is 0 Å². The molecule has 20 atom stereocenters. The van der Waals surface area contributed by atoms with Gasteiger partial charge in [0.05, 0.1) is 48.0 Å². The van der Waals surface area contributed by atoms with Crippen molar-refractivity contribution in [2.45, 2.75) is 211 Å². The molecule has 3 aliphatic carbocycles. The number of nitrogens with two attached hydrogens (primary N) is 1. The minimum atomic E-state index is -2.21. The van der Waals surface area contributed by atoms with Crippen LogP contribution in [0.25, 0.3) is 0 Å². The number of rotatable bonds is 33. The van der Waals surface area contributed by atoms with Crippen LogP contribution in [0.2, 0.25) is 0 Å². The Hall–Kier alpha value is -10.2. The Bertz CT molecular complexity index is 4170. The Morgan fingerprint density at radius 3 is 1.88 bits per heavy atom. The summed E-state index contributed by atoms with van der Waals surface area (Å²) in [5, 5.41) is 69.9. The maximum absolute atomic E-state index is 15.6. The van der Waals surface area contributed by atoms with Gasteiger partial charge in [-0.1, -0.05) is 113 Å². The number of hydrogen-bond donors (Lipinski definition) is 11. The first-order valence-corrected chi connectivity index (χ1v) is 37.4. The highest BCUT2D eigenvalue weighted by molar-refractivity contribution is 5.98. The standard InChI is InChI=1S/C81H100N6O25/c1-42-54(39-81(105)69(112-75(102)50-30-20-13-21-31-50)67-79(8)41-106-57(79)37-56(91)80(67,9)68(95)43(2)61(42)78(81,6)7)108-77(104)66(62(47-24-14-10-15-25-47)87-72(98)48-26-16-11-17-27-48)110-60(94)38-59(93)83-35-23-22-32-52(73(99)100)86-58(92)34-33-51(70(82)96)36-53(90)44(3)84-71(97)45(4)107-65-63(85-46(5)89)76(103)109-55(40-88)64(65)111-74(101)49-28-18-12-19-29-49/h10-21,24-31,43-45,51-52,54-57,62-67,69,76,88,91,103,105H,22-23,32-41H2,1-9H3,(H2,82,96)(H,83,93)(H,84,97)(H,85,89)(H,86,92)(H,87,98)(H,99,100)/t43-,44+,45?,51-,52?,54+,55?,56+,57-,62-,63?,64?,65?,66-,67-,69+,76?,79-,80-,81-/m1/s1. The van der Waals surface area contributed by atoms with E-state index < -0.39 is 234 Å². The van der Waals surface area contributed by atoms with Crippen LogP contribution in [0.4, 0.5) is 0 Å². The quantitative estimate of drug-likeness (QED) is 0.0107. The molecular formula is C81H100N6O25. The number of nitrogens with one attached hydrogen (secondary N) is 5. The van der Waals surface area contributed by atoms with Gasteiger partial charge in [0, 0.05) is 73.3 Å². The number of Topliss-reactive ketones (excluding diaryl/α,β-unsaturated/α-hetero) is 2. The molecule has 7 unspecified atom stereocenters. The van der Waals surface area contributed by atoms with E-state index in [0.717, 1.165) is 6.92 Å². The number of primary amides is 1. The number of carbonyl (C=O) groups is 13. The van der Waals surface area contributed by atoms with Gasteiger partial charge in [-0.3, -0.25) is 43.2 Å². The van der Waals surface area contributed by atoms with Crippen LogP contribution >= 0.6 is 0 Å². The highest BCUT2D eigenvalue weighted by Crippen LogP contribution is 2.66. The number of aliphatic carboxylic acids is 1. The van der Waals surface area contributed by atoms with Crippen molar-refractivity contribution in [3.8, 4) is 0 Å². The van der Waals surface area contributed by atoms with Crippen LogP contribution < -0.4 is 32.3 Å². The molecule has 4 aromatic carbocycles. The third-order valence-electron chi connectivity index (χ3n) is 22.7. The molecule has 9 rings (SSSR count). The van der Waals surface area contributed by atoms with Gasteiger partial charge in [0.25, 0.3) is 5.91 Å². The number of amides is 6. The molecule has 604 valence electrons. The number of carboxylic acid groups (broad SMARTS) is 1. The van der Waals surface area contributed by atoms with Crippen molar-refractivity contribution in [1.82, 2.24) is 26.6 Å². The first kappa shape index (κ1) is 85.8.